The molecule has 1 aromatic heterocycles. The number of sulfonamides is 1. The zero-order valence-electron chi connectivity index (χ0n) is 12.0. The van der Waals surface area contributed by atoms with E-state index in [0.717, 1.165) is 11.3 Å². The molecule has 1 aromatic rings. The van der Waals surface area contributed by atoms with Gasteiger partial charge in [0, 0.05) is 12.7 Å². The molecule has 0 radical (unpaired) electrons. The molecule has 2 N–H and O–H groups in total. The maximum atomic E-state index is 11.7. The van der Waals surface area contributed by atoms with E-state index in [9.17, 15) is 13.0 Å². The van der Waals surface area contributed by atoms with E-state index in [4.69, 9.17) is 19.3 Å². The lowest BCUT2D eigenvalue weighted by Gasteiger charge is -2.13. The molecule has 21 heavy (non-hydrogen) atoms. The SMILES string of the molecule is COCCOCOC(C)c1cc(S(N)(=O)=O)sc1[S+](C)[O-]. The van der Waals surface area contributed by atoms with Gasteiger partial charge < -0.3 is 18.8 Å². The van der Waals surface area contributed by atoms with Crippen LogP contribution in [0.15, 0.2) is 14.5 Å². The van der Waals surface area contributed by atoms with Crippen molar-refractivity contribution >= 4 is 32.5 Å². The van der Waals surface area contributed by atoms with Crippen molar-refractivity contribution in [2.75, 3.05) is 33.4 Å². The van der Waals surface area contributed by atoms with Gasteiger partial charge in [0.05, 0.1) is 19.3 Å². The van der Waals surface area contributed by atoms with E-state index in [1.54, 1.807) is 14.0 Å². The predicted octanol–water partition coefficient (Wildman–Crippen LogP) is 0.831. The molecule has 0 aromatic carbocycles. The third kappa shape index (κ3) is 5.83. The molecule has 0 saturated carbocycles. The summed E-state index contributed by atoms with van der Waals surface area (Å²) < 4.78 is 50.3. The predicted molar refractivity (Wildman–Crippen MR) is 80.2 cm³/mol. The molecule has 0 bridgehead atoms. The van der Waals surface area contributed by atoms with Crippen molar-refractivity contribution in [1.82, 2.24) is 0 Å². The number of rotatable bonds is 9. The Labute approximate surface area is 131 Å². The van der Waals surface area contributed by atoms with Gasteiger partial charge in [0.2, 0.25) is 14.2 Å². The van der Waals surface area contributed by atoms with Crippen LogP contribution in [0.1, 0.15) is 18.6 Å². The van der Waals surface area contributed by atoms with Crippen LogP contribution in [0.2, 0.25) is 0 Å². The van der Waals surface area contributed by atoms with E-state index < -0.39 is 27.3 Å². The summed E-state index contributed by atoms with van der Waals surface area (Å²) in [6.07, 6.45) is 1.02. The van der Waals surface area contributed by atoms with E-state index in [-0.39, 0.29) is 11.0 Å². The standard InChI is InChI=1S/C11H19NO6S3/c1-8(18-7-17-5-4-16-2)9-6-10(21(12,14)15)19-11(9)20(3)13/h6,8H,4-5,7H2,1-3H3,(H2,12,14,15). The highest BCUT2D eigenvalue weighted by atomic mass is 32.3. The molecule has 1 rings (SSSR count). The fourth-order valence-corrected chi connectivity index (χ4v) is 4.63. The number of hydrogen-bond donors (Lipinski definition) is 1. The largest absolute Gasteiger partial charge is 0.611 e. The van der Waals surface area contributed by atoms with Crippen molar-refractivity contribution in [1.29, 1.82) is 0 Å². The van der Waals surface area contributed by atoms with Gasteiger partial charge in [-0.1, -0.05) is 11.3 Å². The molecule has 0 spiro atoms. The summed E-state index contributed by atoms with van der Waals surface area (Å²) in [6, 6.07) is 1.40. The van der Waals surface area contributed by atoms with Crippen LogP contribution < -0.4 is 5.14 Å². The first-order valence-corrected chi connectivity index (χ1v) is 9.87. The molecule has 2 atom stereocenters. The van der Waals surface area contributed by atoms with Crippen molar-refractivity contribution in [3.63, 3.8) is 0 Å². The Morgan fingerprint density at radius 3 is 2.67 bits per heavy atom. The van der Waals surface area contributed by atoms with E-state index in [0.29, 0.717) is 23.0 Å². The van der Waals surface area contributed by atoms with Crippen LogP contribution in [0, 0.1) is 0 Å². The lowest BCUT2D eigenvalue weighted by atomic mass is 10.2. The number of hydrogen-bond acceptors (Lipinski definition) is 7. The van der Waals surface area contributed by atoms with Crippen molar-refractivity contribution in [3.8, 4) is 0 Å². The first kappa shape index (κ1) is 18.8. The lowest BCUT2D eigenvalue weighted by Crippen LogP contribution is -2.11. The van der Waals surface area contributed by atoms with Crippen molar-refractivity contribution in [3.05, 3.63) is 11.6 Å². The number of methoxy groups -OCH3 is 1. The Morgan fingerprint density at radius 1 is 1.48 bits per heavy atom. The van der Waals surface area contributed by atoms with E-state index in [1.807, 2.05) is 0 Å². The summed E-state index contributed by atoms with van der Waals surface area (Å²) in [5, 5.41) is 5.10. The minimum Gasteiger partial charge on any atom is -0.611 e. The minimum absolute atomic E-state index is 0.0286. The second-order valence-corrected chi connectivity index (χ2v) is 8.55. The Balaban J connectivity index is 2.78. The molecule has 122 valence electrons. The maximum Gasteiger partial charge on any atom is 0.247 e. The molecule has 0 fully saturated rings. The number of nitrogens with two attached hydrogens (primary N) is 1. The summed E-state index contributed by atoms with van der Waals surface area (Å²) in [6.45, 7) is 2.60. The number of primary sulfonamides is 1. The molecule has 0 aliphatic carbocycles. The zero-order valence-corrected chi connectivity index (χ0v) is 14.5. The van der Waals surface area contributed by atoms with Crippen LogP contribution in [-0.4, -0.2) is 46.3 Å². The Morgan fingerprint density at radius 2 is 2.14 bits per heavy atom. The van der Waals surface area contributed by atoms with Crippen molar-refractivity contribution in [2.24, 2.45) is 5.14 Å². The highest BCUT2D eigenvalue weighted by Crippen LogP contribution is 2.34. The second kappa shape index (κ2) is 8.44. The van der Waals surface area contributed by atoms with E-state index in [1.165, 1.54) is 12.3 Å². The normalized spacial score (nSPS) is 15.1. The summed E-state index contributed by atoms with van der Waals surface area (Å²) >= 11 is -0.431. The average molecular weight is 357 g/mol. The van der Waals surface area contributed by atoms with Gasteiger partial charge in [0.15, 0.2) is 0 Å². The third-order valence-electron chi connectivity index (χ3n) is 2.51. The van der Waals surface area contributed by atoms with Crippen LogP contribution in [0.3, 0.4) is 0 Å². The average Bonchev–Trinajstić information content (AvgIpc) is 2.83. The van der Waals surface area contributed by atoms with Crippen LogP contribution >= 0.6 is 11.3 Å². The van der Waals surface area contributed by atoms with Crippen molar-refractivity contribution < 1.29 is 27.2 Å². The molecular formula is C11H19NO6S3. The molecule has 2 unspecified atom stereocenters. The lowest BCUT2D eigenvalue weighted by molar-refractivity contribution is -0.0943. The monoisotopic (exact) mass is 357 g/mol. The van der Waals surface area contributed by atoms with Gasteiger partial charge in [0.1, 0.15) is 17.3 Å². The summed E-state index contributed by atoms with van der Waals surface area (Å²) in [5.74, 6) is 0. The van der Waals surface area contributed by atoms with Crippen molar-refractivity contribution in [2.45, 2.75) is 21.4 Å². The minimum atomic E-state index is -3.82. The molecule has 0 aliphatic rings. The molecule has 10 heteroatoms. The third-order valence-corrected chi connectivity index (χ3v) is 6.59. The van der Waals surface area contributed by atoms with Gasteiger partial charge in [-0.3, -0.25) is 0 Å². The summed E-state index contributed by atoms with van der Waals surface area (Å²) in [7, 11) is -2.26. The number of ether oxygens (including phenoxy) is 3. The van der Waals surface area contributed by atoms with Gasteiger partial charge in [-0.2, -0.15) is 0 Å². The van der Waals surface area contributed by atoms with Gasteiger partial charge in [-0.15, -0.1) is 0 Å². The van der Waals surface area contributed by atoms with E-state index in [2.05, 4.69) is 0 Å². The fourth-order valence-electron chi connectivity index (χ4n) is 1.45. The zero-order chi connectivity index (χ0) is 16.0. The smallest absolute Gasteiger partial charge is 0.247 e. The van der Waals surface area contributed by atoms with Crippen LogP contribution in [0.4, 0.5) is 0 Å². The Kier molecular flexibility index (Phi) is 7.57. The highest BCUT2D eigenvalue weighted by molar-refractivity contribution is 7.94. The van der Waals surface area contributed by atoms with Crippen LogP contribution in [0.25, 0.3) is 0 Å². The highest BCUT2D eigenvalue weighted by Gasteiger charge is 2.26. The summed E-state index contributed by atoms with van der Waals surface area (Å²) in [4.78, 5) is 0. The molecular weight excluding hydrogens is 338 g/mol. The Bertz CT molecular complexity index is 542. The molecule has 0 amide bonds. The van der Waals surface area contributed by atoms with E-state index >= 15 is 0 Å². The van der Waals surface area contributed by atoms with Gasteiger partial charge in [-0.05, 0) is 24.2 Å². The quantitative estimate of drug-likeness (QED) is 0.398. The molecule has 7 nitrogen and oxygen atoms in total. The molecule has 0 saturated heterocycles. The van der Waals surface area contributed by atoms with Crippen LogP contribution in [0.5, 0.6) is 0 Å². The second-order valence-electron chi connectivity index (χ2n) is 4.14. The van der Waals surface area contributed by atoms with Gasteiger partial charge in [-0.25, -0.2) is 13.6 Å². The maximum absolute atomic E-state index is 11.7. The molecule has 0 aliphatic heterocycles. The van der Waals surface area contributed by atoms with Crippen LogP contribution in [-0.2, 0) is 35.4 Å². The Hall–Kier alpha value is -0.200. The van der Waals surface area contributed by atoms with Gasteiger partial charge in [0.25, 0.3) is 0 Å². The first-order valence-electron chi connectivity index (χ1n) is 5.95. The first-order chi connectivity index (χ1) is 9.77. The van der Waals surface area contributed by atoms with Gasteiger partial charge >= 0.3 is 0 Å². The molecule has 1 heterocycles. The summed E-state index contributed by atoms with van der Waals surface area (Å²) in [5.41, 5.74) is 0.542. The fraction of sp³-hybridized carbons (Fsp3) is 0.636. The topological polar surface area (TPSA) is 111 Å². The number of thiophene rings is 1.